The predicted molar refractivity (Wildman–Crippen MR) is 68.7 cm³/mol. The van der Waals surface area contributed by atoms with Crippen LogP contribution in [0.1, 0.15) is 25.5 Å². The zero-order chi connectivity index (χ0) is 12.3. The summed E-state index contributed by atoms with van der Waals surface area (Å²) in [5, 5.41) is 0. The van der Waals surface area contributed by atoms with E-state index in [9.17, 15) is 0 Å². The molecule has 0 aliphatic heterocycles. The van der Waals surface area contributed by atoms with Gasteiger partial charge in [0, 0.05) is 31.6 Å². The van der Waals surface area contributed by atoms with Crippen LogP contribution in [-0.4, -0.2) is 16.2 Å². The first-order valence-corrected chi connectivity index (χ1v) is 5.91. The van der Waals surface area contributed by atoms with E-state index in [2.05, 4.69) is 36.2 Å². The van der Waals surface area contributed by atoms with Gasteiger partial charge in [-0.1, -0.05) is 24.3 Å². The van der Waals surface area contributed by atoms with E-state index in [0.29, 0.717) is 0 Å². The molecule has 2 aromatic rings. The fourth-order valence-electron chi connectivity index (χ4n) is 1.89. The van der Waals surface area contributed by atoms with E-state index >= 15 is 0 Å². The molecule has 0 aliphatic rings. The summed E-state index contributed by atoms with van der Waals surface area (Å²) in [4.78, 5) is 4.33. The lowest BCUT2D eigenvalue weighted by Crippen LogP contribution is -1.99. The molecule has 1 heterocycles. The van der Waals surface area contributed by atoms with Gasteiger partial charge in [-0.15, -0.1) is 0 Å². The molecule has 1 aromatic heterocycles. The van der Waals surface area contributed by atoms with Gasteiger partial charge >= 0.3 is 0 Å². The number of imidazole rings is 1. The third-order valence-electron chi connectivity index (χ3n) is 2.88. The topological polar surface area (TPSA) is 27.1 Å². The lowest BCUT2D eigenvalue weighted by Gasteiger charge is -2.12. The number of ether oxygens (including phenoxy) is 1. The lowest BCUT2D eigenvalue weighted by atomic mass is 10.1. The minimum Gasteiger partial charge on any atom is -0.374 e. The van der Waals surface area contributed by atoms with Gasteiger partial charge in [0.15, 0.2) is 0 Å². The molecule has 0 aliphatic carbocycles. The third kappa shape index (κ3) is 2.56. The summed E-state index contributed by atoms with van der Waals surface area (Å²) >= 11 is 0. The zero-order valence-electron chi connectivity index (χ0n) is 10.6. The van der Waals surface area contributed by atoms with Crippen LogP contribution < -0.4 is 0 Å². The van der Waals surface area contributed by atoms with Crippen molar-refractivity contribution in [1.29, 1.82) is 0 Å². The van der Waals surface area contributed by atoms with Crippen LogP contribution in [0.5, 0.6) is 0 Å². The van der Waals surface area contributed by atoms with Crippen molar-refractivity contribution >= 4 is 0 Å². The molecule has 0 N–H and O–H groups in total. The molecule has 0 spiro atoms. The third-order valence-corrected chi connectivity index (χ3v) is 2.88. The zero-order valence-corrected chi connectivity index (χ0v) is 10.6. The molecule has 3 nitrogen and oxygen atoms in total. The Hall–Kier alpha value is -1.61. The number of rotatable bonds is 4. The van der Waals surface area contributed by atoms with Crippen molar-refractivity contribution in [3.63, 3.8) is 0 Å². The first-order valence-electron chi connectivity index (χ1n) is 5.91. The van der Waals surface area contributed by atoms with Gasteiger partial charge in [0.25, 0.3) is 0 Å². The summed E-state index contributed by atoms with van der Waals surface area (Å²) in [5.74, 6) is 0.987. The van der Waals surface area contributed by atoms with Crippen molar-refractivity contribution in [2.45, 2.75) is 20.0 Å². The minimum atomic E-state index is 0.149. The Labute approximate surface area is 102 Å². The highest BCUT2D eigenvalue weighted by Gasteiger charge is 2.06. The predicted octanol–water partition coefficient (Wildman–Crippen LogP) is 3.18. The first-order chi connectivity index (χ1) is 8.22. The summed E-state index contributed by atoms with van der Waals surface area (Å²) in [7, 11) is 2.00. The van der Waals surface area contributed by atoms with Gasteiger partial charge in [-0.3, -0.25) is 0 Å². The average Bonchev–Trinajstić information content (AvgIpc) is 2.76. The van der Waals surface area contributed by atoms with Crippen molar-refractivity contribution in [3.8, 4) is 11.4 Å². The Balaban J connectivity index is 2.21. The van der Waals surface area contributed by atoms with Gasteiger partial charge in [0.05, 0.1) is 6.10 Å². The summed E-state index contributed by atoms with van der Waals surface area (Å²) in [6.45, 7) is 4.82. The van der Waals surface area contributed by atoms with Crippen molar-refractivity contribution in [2.24, 2.45) is 7.05 Å². The van der Waals surface area contributed by atoms with Crippen molar-refractivity contribution in [1.82, 2.24) is 9.55 Å². The lowest BCUT2D eigenvalue weighted by molar-refractivity contribution is 0.0764. The second-order valence-electron chi connectivity index (χ2n) is 4.08. The van der Waals surface area contributed by atoms with Crippen LogP contribution in [0, 0.1) is 0 Å². The summed E-state index contributed by atoms with van der Waals surface area (Å²) in [6.07, 6.45) is 3.91. The molecule has 0 saturated carbocycles. The van der Waals surface area contributed by atoms with Gasteiger partial charge in [0.2, 0.25) is 0 Å². The summed E-state index contributed by atoms with van der Waals surface area (Å²) in [5.41, 5.74) is 2.33. The molecule has 0 unspecified atom stereocenters. The van der Waals surface area contributed by atoms with E-state index in [1.165, 1.54) is 5.56 Å². The standard InChI is InChI=1S/C14H18N2O/c1-4-17-11(2)12-5-7-13(8-6-12)14-15-9-10-16(14)3/h5-11H,4H2,1-3H3/t11-/m0/s1. The molecule has 1 atom stereocenters. The van der Waals surface area contributed by atoms with Crippen LogP contribution in [0.25, 0.3) is 11.4 Å². The van der Waals surface area contributed by atoms with Crippen molar-refractivity contribution in [2.75, 3.05) is 6.61 Å². The molecule has 3 heteroatoms. The Morgan fingerprint density at radius 2 is 2.00 bits per heavy atom. The highest BCUT2D eigenvalue weighted by Crippen LogP contribution is 2.21. The molecule has 1 aromatic carbocycles. The number of hydrogen-bond acceptors (Lipinski definition) is 2. The van der Waals surface area contributed by atoms with Crippen molar-refractivity contribution < 1.29 is 4.74 Å². The molecular formula is C14H18N2O. The number of hydrogen-bond donors (Lipinski definition) is 0. The van der Waals surface area contributed by atoms with E-state index < -0.39 is 0 Å². The molecular weight excluding hydrogens is 212 g/mol. The van der Waals surface area contributed by atoms with Gasteiger partial charge in [0.1, 0.15) is 5.82 Å². The quantitative estimate of drug-likeness (QED) is 0.806. The van der Waals surface area contributed by atoms with Gasteiger partial charge in [-0.25, -0.2) is 4.98 Å². The SMILES string of the molecule is CCO[C@@H](C)c1ccc(-c2nccn2C)cc1. The number of nitrogens with zero attached hydrogens (tertiary/aromatic N) is 2. The van der Waals surface area contributed by atoms with Gasteiger partial charge in [-0.2, -0.15) is 0 Å². The van der Waals surface area contributed by atoms with E-state index in [0.717, 1.165) is 18.0 Å². The van der Waals surface area contributed by atoms with E-state index in [1.807, 2.05) is 30.9 Å². The Morgan fingerprint density at radius 1 is 1.29 bits per heavy atom. The average molecular weight is 230 g/mol. The Bertz CT molecular complexity index is 473. The van der Waals surface area contributed by atoms with E-state index in [4.69, 9.17) is 4.74 Å². The van der Waals surface area contributed by atoms with Crippen LogP contribution in [-0.2, 0) is 11.8 Å². The number of benzene rings is 1. The molecule has 17 heavy (non-hydrogen) atoms. The Kier molecular flexibility index (Phi) is 3.59. The van der Waals surface area contributed by atoms with Gasteiger partial charge < -0.3 is 9.30 Å². The summed E-state index contributed by atoms with van der Waals surface area (Å²) in [6, 6.07) is 8.38. The molecule has 0 amide bonds. The monoisotopic (exact) mass is 230 g/mol. The maximum Gasteiger partial charge on any atom is 0.139 e. The smallest absolute Gasteiger partial charge is 0.139 e. The largest absolute Gasteiger partial charge is 0.374 e. The van der Waals surface area contributed by atoms with E-state index in [-0.39, 0.29) is 6.10 Å². The fourth-order valence-corrected chi connectivity index (χ4v) is 1.89. The van der Waals surface area contributed by atoms with Crippen molar-refractivity contribution in [3.05, 3.63) is 42.2 Å². The van der Waals surface area contributed by atoms with Crippen LogP contribution in [0.15, 0.2) is 36.7 Å². The molecule has 0 radical (unpaired) electrons. The first kappa shape index (κ1) is 11.9. The molecule has 0 saturated heterocycles. The second-order valence-corrected chi connectivity index (χ2v) is 4.08. The van der Waals surface area contributed by atoms with Crippen LogP contribution in [0.3, 0.4) is 0 Å². The normalized spacial score (nSPS) is 12.6. The van der Waals surface area contributed by atoms with Crippen LogP contribution in [0.2, 0.25) is 0 Å². The summed E-state index contributed by atoms with van der Waals surface area (Å²) < 4.78 is 7.58. The highest BCUT2D eigenvalue weighted by molar-refractivity contribution is 5.56. The minimum absolute atomic E-state index is 0.149. The second kappa shape index (κ2) is 5.15. The maximum absolute atomic E-state index is 5.56. The molecule has 0 bridgehead atoms. The molecule has 2 rings (SSSR count). The number of aromatic nitrogens is 2. The van der Waals surface area contributed by atoms with Gasteiger partial charge in [-0.05, 0) is 19.4 Å². The van der Waals surface area contributed by atoms with Crippen LogP contribution in [0.4, 0.5) is 0 Å². The van der Waals surface area contributed by atoms with E-state index in [1.54, 1.807) is 0 Å². The highest BCUT2D eigenvalue weighted by atomic mass is 16.5. The molecule has 90 valence electrons. The van der Waals surface area contributed by atoms with Crippen LogP contribution >= 0.6 is 0 Å². The number of aryl methyl sites for hydroxylation is 1. The fraction of sp³-hybridized carbons (Fsp3) is 0.357. The maximum atomic E-state index is 5.56. The molecule has 0 fully saturated rings. The Morgan fingerprint density at radius 3 is 2.53 bits per heavy atom.